The molecule has 0 saturated carbocycles. The van der Waals surface area contributed by atoms with E-state index in [-0.39, 0.29) is 5.91 Å². The maximum Gasteiger partial charge on any atom is 0.269 e. The van der Waals surface area contributed by atoms with Crippen LogP contribution in [0.15, 0.2) is 16.6 Å². The number of carbonyl (C=O) groups is 1. The molecule has 0 spiro atoms. The lowest BCUT2D eigenvalue weighted by Gasteiger charge is -1.99. The van der Waals surface area contributed by atoms with E-state index in [4.69, 9.17) is 0 Å². The molecule has 0 bridgehead atoms. The average molecular weight is 324 g/mol. The predicted molar refractivity (Wildman–Crippen MR) is 84.4 cm³/mol. The molecule has 0 aliphatic carbocycles. The van der Waals surface area contributed by atoms with Crippen molar-refractivity contribution in [3.63, 3.8) is 0 Å². The number of aromatic nitrogens is 3. The fourth-order valence-electron chi connectivity index (χ4n) is 1.88. The van der Waals surface area contributed by atoms with E-state index in [1.165, 1.54) is 22.7 Å². The van der Waals surface area contributed by atoms with Crippen LogP contribution in [-0.4, -0.2) is 26.5 Å². The van der Waals surface area contributed by atoms with E-state index in [1.807, 2.05) is 30.7 Å². The van der Waals surface area contributed by atoms with Crippen LogP contribution < -0.4 is 5.32 Å². The minimum Gasteiger partial charge on any atom is -0.297 e. The van der Waals surface area contributed by atoms with Gasteiger partial charge in [-0.2, -0.15) is 0 Å². The van der Waals surface area contributed by atoms with Gasteiger partial charge in [-0.3, -0.25) is 14.5 Å². The molecule has 0 aliphatic rings. The summed E-state index contributed by atoms with van der Waals surface area (Å²) in [5, 5.41) is 3.51. The summed E-state index contributed by atoms with van der Waals surface area (Å²) in [5.41, 5.74) is 1.86. The van der Waals surface area contributed by atoms with Crippen molar-refractivity contribution < 1.29 is 4.79 Å². The molecule has 0 aliphatic heterocycles. The first-order chi connectivity index (χ1) is 9.60. The molecule has 8 heteroatoms. The minimum atomic E-state index is -0.126. The monoisotopic (exact) mass is 324 g/mol. The molecule has 0 radical (unpaired) electrons. The van der Waals surface area contributed by atoms with Gasteiger partial charge in [0, 0.05) is 18.1 Å². The Labute approximate surface area is 128 Å². The van der Waals surface area contributed by atoms with E-state index in [9.17, 15) is 4.79 Å². The largest absolute Gasteiger partial charge is 0.297 e. The highest BCUT2D eigenvalue weighted by Gasteiger charge is 2.18. The molecule has 0 fully saturated rings. The second-order valence-electron chi connectivity index (χ2n) is 4.15. The van der Waals surface area contributed by atoms with Crippen molar-refractivity contribution in [2.24, 2.45) is 0 Å². The Morgan fingerprint density at radius 2 is 2.20 bits per heavy atom. The first-order valence-corrected chi connectivity index (χ1v) is 8.71. The Bertz CT molecular complexity index is 786. The summed E-state index contributed by atoms with van der Waals surface area (Å²) in [6.07, 6.45) is 5.59. The molecule has 3 aromatic heterocycles. The maximum absolute atomic E-state index is 12.3. The molecule has 0 unspecified atom stereocenters. The number of amides is 1. The second-order valence-corrected chi connectivity index (χ2v) is 7.20. The standard InChI is InChI=1S/C12H12N4OS3/c1-6-10(18-3)20-11(14-6)15-9(17)8-7(2)16-5-4-13-12(16)19-8/h4-5H,1-3H3,(H,14,15,17). The van der Waals surface area contributed by atoms with Crippen LogP contribution in [0.25, 0.3) is 4.96 Å². The number of aryl methyl sites for hydroxylation is 2. The van der Waals surface area contributed by atoms with Gasteiger partial charge in [0.1, 0.15) is 4.88 Å². The Balaban J connectivity index is 1.88. The summed E-state index contributed by atoms with van der Waals surface area (Å²) in [6, 6.07) is 0. The van der Waals surface area contributed by atoms with Gasteiger partial charge in [-0.15, -0.1) is 11.8 Å². The summed E-state index contributed by atoms with van der Waals surface area (Å²) in [7, 11) is 0. The van der Waals surface area contributed by atoms with Crippen molar-refractivity contribution in [1.29, 1.82) is 0 Å². The number of thiazole rings is 2. The van der Waals surface area contributed by atoms with Gasteiger partial charge in [-0.1, -0.05) is 22.7 Å². The number of hydrogen-bond donors (Lipinski definition) is 1. The maximum atomic E-state index is 12.3. The van der Waals surface area contributed by atoms with E-state index in [0.717, 1.165) is 20.6 Å². The fourth-order valence-corrected chi connectivity index (χ4v) is 4.47. The van der Waals surface area contributed by atoms with Crippen LogP contribution in [0, 0.1) is 13.8 Å². The minimum absolute atomic E-state index is 0.126. The number of hydrogen-bond acceptors (Lipinski definition) is 6. The van der Waals surface area contributed by atoms with E-state index in [1.54, 1.807) is 18.0 Å². The third kappa shape index (κ3) is 2.23. The van der Waals surface area contributed by atoms with Gasteiger partial charge in [0.15, 0.2) is 10.1 Å². The van der Waals surface area contributed by atoms with Crippen molar-refractivity contribution >= 4 is 50.4 Å². The van der Waals surface area contributed by atoms with E-state index >= 15 is 0 Å². The number of carbonyl (C=O) groups excluding carboxylic acids is 1. The van der Waals surface area contributed by atoms with Crippen molar-refractivity contribution in [3.8, 4) is 0 Å². The van der Waals surface area contributed by atoms with Gasteiger partial charge in [0.05, 0.1) is 9.90 Å². The van der Waals surface area contributed by atoms with Gasteiger partial charge in [-0.25, -0.2) is 9.97 Å². The smallest absolute Gasteiger partial charge is 0.269 e. The Morgan fingerprint density at radius 3 is 2.85 bits per heavy atom. The molecule has 5 nitrogen and oxygen atoms in total. The average Bonchev–Trinajstić information content (AvgIpc) is 3.07. The Kier molecular flexibility index (Phi) is 3.53. The Hall–Kier alpha value is -1.38. The predicted octanol–water partition coefficient (Wildman–Crippen LogP) is 3.44. The SMILES string of the molecule is CSc1sc(NC(=O)c2sc3nccn3c2C)nc1C. The van der Waals surface area contributed by atoms with Crippen molar-refractivity contribution in [3.05, 3.63) is 28.7 Å². The molecule has 0 aromatic carbocycles. The molecule has 20 heavy (non-hydrogen) atoms. The first-order valence-electron chi connectivity index (χ1n) is 5.85. The molecule has 3 heterocycles. The molecule has 1 amide bonds. The highest BCUT2D eigenvalue weighted by atomic mass is 32.2. The van der Waals surface area contributed by atoms with Crippen molar-refractivity contribution in [2.45, 2.75) is 18.1 Å². The summed E-state index contributed by atoms with van der Waals surface area (Å²) in [5.74, 6) is -0.126. The van der Waals surface area contributed by atoms with Crippen LogP contribution in [0.1, 0.15) is 21.1 Å². The summed E-state index contributed by atoms with van der Waals surface area (Å²) in [6.45, 7) is 3.86. The normalized spacial score (nSPS) is 11.2. The number of imidazole rings is 1. The molecule has 104 valence electrons. The van der Waals surface area contributed by atoms with E-state index in [2.05, 4.69) is 15.3 Å². The van der Waals surface area contributed by atoms with Crippen LogP contribution in [0.3, 0.4) is 0 Å². The van der Waals surface area contributed by atoms with Crippen LogP contribution in [0.4, 0.5) is 5.13 Å². The van der Waals surface area contributed by atoms with Gasteiger partial charge in [-0.05, 0) is 20.1 Å². The topological polar surface area (TPSA) is 59.3 Å². The molecule has 3 rings (SSSR count). The van der Waals surface area contributed by atoms with Crippen LogP contribution in [0.5, 0.6) is 0 Å². The highest BCUT2D eigenvalue weighted by molar-refractivity contribution is 8.00. The molecule has 3 aromatic rings. The number of anilines is 1. The number of thioether (sulfide) groups is 1. The van der Waals surface area contributed by atoms with Crippen LogP contribution >= 0.6 is 34.4 Å². The summed E-state index contributed by atoms with van der Waals surface area (Å²) >= 11 is 4.53. The lowest BCUT2D eigenvalue weighted by Crippen LogP contribution is -2.11. The number of nitrogens with one attached hydrogen (secondary N) is 1. The van der Waals surface area contributed by atoms with Gasteiger partial charge in [0.2, 0.25) is 0 Å². The number of nitrogens with zero attached hydrogens (tertiary/aromatic N) is 3. The molecule has 0 saturated heterocycles. The van der Waals surface area contributed by atoms with Crippen molar-refractivity contribution in [2.75, 3.05) is 11.6 Å². The zero-order valence-corrected chi connectivity index (χ0v) is 13.6. The van der Waals surface area contributed by atoms with Gasteiger partial charge >= 0.3 is 0 Å². The number of fused-ring (bicyclic) bond motifs is 1. The third-order valence-electron chi connectivity index (χ3n) is 2.86. The molecule has 0 atom stereocenters. The number of rotatable bonds is 3. The lowest BCUT2D eigenvalue weighted by molar-refractivity contribution is 0.102. The van der Waals surface area contributed by atoms with Gasteiger partial charge < -0.3 is 0 Å². The van der Waals surface area contributed by atoms with E-state index < -0.39 is 0 Å². The van der Waals surface area contributed by atoms with Crippen LogP contribution in [-0.2, 0) is 0 Å². The van der Waals surface area contributed by atoms with Crippen LogP contribution in [0.2, 0.25) is 0 Å². The first kappa shape index (κ1) is 13.6. The highest BCUT2D eigenvalue weighted by Crippen LogP contribution is 2.31. The fraction of sp³-hybridized carbons (Fsp3) is 0.250. The van der Waals surface area contributed by atoms with E-state index in [0.29, 0.717) is 10.0 Å². The van der Waals surface area contributed by atoms with Crippen molar-refractivity contribution in [1.82, 2.24) is 14.4 Å². The quantitative estimate of drug-likeness (QED) is 0.750. The summed E-state index contributed by atoms with van der Waals surface area (Å²) in [4.78, 5) is 22.4. The molecule has 1 N–H and O–H groups in total. The summed E-state index contributed by atoms with van der Waals surface area (Å²) < 4.78 is 3.04. The molecular weight excluding hydrogens is 312 g/mol. The second kappa shape index (κ2) is 5.19. The third-order valence-corrected chi connectivity index (χ3v) is 6.31. The lowest BCUT2D eigenvalue weighted by atomic mass is 10.4. The Morgan fingerprint density at radius 1 is 1.40 bits per heavy atom. The van der Waals surface area contributed by atoms with Gasteiger partial charge in [0.25, 0.3) is 5.91 Å². The molecular formula is C12H12N4OS3. The zero-order chi connectivity index (χ0) is 14.3. The zero-order valence-electron chi connectivity index (χ0n) is 11.1.